The molecule has 1 atom stereocenters. The largest absolute Gasteiger partial charge is 0.495 e. The average molecular weight is 290 g/mol. The maximum Gasteiger partial charge on any atom is 0.141 e. The van der Waals surface area contributed by atoms with Crippen LogP contribution in [-0.2, 0) is 11.3 Å². The highest BCUT2D eigenvalue weighted by atomic mass is 16.5. The van der Waals surface area contributed by atoms with Crippen LogP contribution in [0.2, 0.25) is 0 Å². The van der Waals surface area contributed by atoms with Gasteiger partial charge in [0.25, 0.3) is 0 Å². The summed E-state index contributed by atoms with van der Waals surface area (Å²) in [6, 6.07) is 3.93. The highest BCUT2D eigenvalue weighted by Crippen LogP contribution is 2.29. The molecule has 1 saturated carbocycles. The molecule has 0 amide bonds. The minimum absolute atomic E-state index is 0.403. The van der Waals surface area contributed by atoms with Crippen LogP contribution in [0.1, 0.15) is 37.8 Å². The molecule has 4 heteroatoms. The van der Waals surface area contributed by atoms with E-state index in [0.29, 0.717) is 6.10 Å². The summed E-state index contributed by atoms with van der Waals surface area (Å²) in [5.41, 5.74) is 1.04. The molecule has 0 N–H and O–H groups in total. The van der Waals surface area contributed by atoms with Gasteiger partial charge in [0.1, 0.15) is 5.75 Å². The van der Waals surface area contributed by atoms with E-state index in [-0.39, 0.29) is 0 Å². The van der Waals surface area contributed by atoms with Gasteiger partial charge in [-0.1, -0.05) is 6.42 Å². The van der Waals surface area contributed by atoms with Gasteiger partial charge in [0.05, 0.1) is 18.9 Å². The third kappa shape index (κ3) is 3.95. The Labute approximate surface area is 127 Å². The quantitative estimate of drug-likeness (QED) is 0.773. The Morgan fingerprint density at radius 2 is 2.19 bits per heavy atom. The molecule has 2 heterocycles. The van der Waals surface area contributed by atoms with Gasteiger partial charge in [-0.15, -0.1) is 0 Å². The molecule has 1 aromatic heterocycles. The van der Waals surface area contributed by atoms with Crippen LogP contribution in [0.25, 0.3) is 0 Å². The highest BCUT2D eigenvalue weighted by molar-refractivity contribution is 5.26. The van der Waals surface area contributed by atoms with Crippen molar-refractivity contribution in [1.82, 2.24) is 9.88 Å². The molecule has 1 unspecified atom stereocenters. The second-order valence-corrected chi connectivity index (χ2v) is 6.28. The number of aromatic nitrogens is 1. The monoisotopic (exact) mass is 290 g/mol. The van der Waals surface area contributed by atoms with E-state index in [1.807, 2.05) is 18.3 Å². The summed E-state index contributed by atoms with van der Waals surface area (Å²) in [7, 11) is 1.72. The van der Waals surface area contributed by atoms with E-state index in [0.717, 1.165) is 37.1 Å². The molecule has 2 aliphatic rings. The first-order chi connectivity index (χ1) is 10.3. The third-order valence-corrected chi connectivity index (χ3v) is 4.67. The molecule has 0 aromatic carbocycles. The number of methoxy groups -OCH3 is 1. The van der Waals surface area contributed by atoms with Crippen LogP contribution in [0, 0.1) is 5.92 Å². The lowest BCUT2D eigenvalue weighted by Crippen LogP contribution is -2.37. The van der Waals surface area contributed by atoms with Crippen molar-refractivity contribution < 1.29 is 9.47 Å². The molecule has 0 bridgehead atoms. The fourth-order valence-electron chi connectivity index (χ4n) is 3.26. The molecule has 3 rings (SSSR count). The zero-order chi connectivity index (χ0) is 14.5. The van der Waals surface area contributed by atoms with Crippen LogP contribution in [0.15, 0.2) is 18.3 Å². The fraction of sp³-hybridized carbons (Fsp3) is 0.706. The Balaban J connectivity index is 1.64. The minimum Gasteiger partial charge on any atom is -0.495 e. The summed E-state index contributed by atoms with van der Waals surface area (Å²) in [6.07, 6.45) is 8.80. The predicted molar refractivity (Wildman–Crippen MR) is 82.4 cm³/mol. The topological polar surface area (TPSA) is 34.6 Å². The molecule has 4 nitrogen and oxygen atoms in total. The summed E-state index contributed by atoms with van der Waals surface area (Å²) in [5.74, 6) is 1.75. The van der Waals surface area contributed by atoms with Crippen molar-refractivity contribution >= 4 is 0 Å². The molecule has 1 aliphatic heterocycles. The van der Waals surface area contributed by atoms with Gasteiger partial charge in [-0.25, -0.2) is 0 Å². The molecule has 116 valence electrons. The van der Waals surface area contributed by atoms with Crippen molar-refractivity contribution in [3.63, 3.8) is 0 Å². The van der Waals surface area contributed by atoms with E-state index in [4.69, 9.17) is 9.47 Å². The summed E-state index contributed by atoms with van der Waals surface area (Å²) in [5, 5.41) is 0. The Bertz CT molecular complexity index is 442. The van der Waals surface area contributed by atoms with Crippen LogP contribution < -0.4 is 4.74 Å². The maximum absolute atomic E-state index is 5.82. The smallest absolute Gasteiger partial charge is 0.141 e. The van der Waals surface area contributed by atoms with Crippen LogP contribution in [0.4, 0.5) is 0 Å². The first-order valence-corrected chi connectivity index (χ1v) is 8.17. The van der Waals surface area contributed by atoms with Crippen molar-refractivity contribution in [2.75, 3.05) is 26.8 Å². The zero-order valence-corrected chi connectivity index (χ0v) is 13.0. The molecular formula is C17H26N2O2. The van der Waals surface area contributed by atoms with Gasteiger partial charge < -0.3 is 9.47 Å². The van der Waals surface area contributed by atoms with Crippen molar-refractivity contribution in [3.05, 3.63) is 24.0 Å². The van der Waals surface area contributed by atoms with Crippen LogP contribution in [0.3, 0.4) is 0 Å². The standard InChI is InChI=1S/C17H26N2O2/c1-20-17-8-3-9-18-16(17)13-19(11-14-5-2-6-14)12-15-7-4-10-21-15/h3,8-9,14-15H,2,4-7,10-13H2,1H3. The van der Waals surface area contributed by atoms with Crippen molar-refractivity contribution in [1.29, 1.82) is 0 Å². The molecule has 0 radical (unpaired) electrons. The van der Waals surface area contributed by atoms with Gasteiger partial charge in [-0.3, -0.25) is 9.88 Å². The summed E-state index contributed by atoms with van der Waals surface area (Å²) < 4.78 is 11.3. The number of ether oxygens (including phenoxy) is 2. The number of rotatable bonds is 7. The van der Waals surface area contributed by atoms with E-state index in [1.54, 1.807) is 7.11 Å². The van der Waals surface area contributed by atoms with Gasteiger partial charge >= 0.3 is 0 Å². The van der Waals surface area contributed by atoms with Gasteiger partial charge in [0.15, 0.2) is 0 Å². The van der Waals surface area contributed by atoms with Crippen LogP contribution in [-0.4, -0.2) is 42.8 Å². The molecule has 0 spiro atoms. The lowest BCUT2D eigenvalue weighted by atomic mass is 9.85. The fourth-order valence-corrected chi connectivity index (χ4v) is 3.26. The summed E-state index contributed by atoms with van der Waals surface area (Å²) >= 11 is 0. The van der Waals surface area contributed by atoms with E-state index >= 15 is 0 Å². The Kier molecular flexibility index (Phi) is 5.09. The Hall–Kier alpha value is -1.13. The Morgan fingerprint density at radius 3 is 2.86 bits per heavy atom. The van der Waals surface area contributed by atoms with E-state index in [1.165, 1.54) is 38.6 Å². The SMILES string of the molecule is COc1cccnc1CN(CC1CCC1)CC1CCCO1. The molecule has 2 fully saturated rings. The lowest BCUT2D eigenvalue weighted by molar-refractivity contribution is 0.0572. The van der Waals surface area contributed by atoms with E-state index in [9.17, 15) is 0 Å². The number of nitrogens with zero attached hydrogens (tertiary/aromatic N) is 2. The molecule has 1 aliphatic carbocycles. The third-order valence-electron chi connectivity index (χ3n) is 4.67. The number of pyridine rings is 1. The molecule has 21 heavy (non-hydrogen) atoms. The molecular weight excluding hydrogens is 264 g/mol. The Morgan fingerprint density at radius 1 is 1.29 bits per heavy atom. The van der Waals surface area contributed by atoms with Gasteiger partial charge in [-0.05, 0) is 43.7 Å². The van der Waals surface area contributed by atoms with Crippen molar-refractivity contribution in [2.45, 2.75) is 44.8 Å². The van der Waals surface area contributed by atoms with Gasteiger partial charge in [0, 0.05) is 32.4 Å². The van der Waals surface area contributed by atoms with Crippen molar-refractivity contribution in [2.24, 2.45) is 5.92 Å². The van der Waals surface area contributed by atoms with Crippen LogP contribution >= 0.6 is 0 Å². The van der Waals surface area contributed by atoms with Gasteiger partial charge in [-0.2, -0.15) is 0 Å². The van der Waals surface area contributed by atoms with Crippen LogP contribution in [0.5, 0.6) is 5.75 Å². The second kappa shape index (κ2) is 7.23. The molecule has 1 aromatic rings. The van der Waals surface area contributed by atoms with Gasteiger partial charge in [0.2, 0.25) is 0 Å². The first kappa shape index (κ1) is 14.8. The van der Waals surface area contributed by atoms with E-state index < -0.39 is 0 Å². The molecule has 1 saturated heterocycles. The minimum atomic E-state index is 0.403. The number of hydrogen-bond acceptors (Lipinski definition) is 4. The number of hydrogen-bond donors (Lipinski definition) is 0. The van der Waals surface area contributed by atoms with E-state index in [2.05, 4.69) is 9.88 Å². The lowest BCUT2D eigenvalue weighted by Gasteiger charge is -2.33. The summed E-state index contributed by atoms with van der Waals surface area (Å²) in [6.45, 7) is 3.98. The summed E-state index contributed by atoms with van der Waals surface area (Å²) in [4.78, 5) is 7.03. The first-order valence-electron chi connectivity index (χ1n) is 8.17. The predicted octanol–water partition coefficient (Wildman–Crippen LogP) is 2.87. The second-order valence-electron chi connectivity index (χ2n) is 6.28. The average Bonchev–Trinajstić information content (AvgIpc) is 2.96. The highest BCUT2D eigenvalue weighted by Gasteiger charge is 2.25. The van der Waals surface area contributed by atoms with Crippen molar-refractivity contribution in [3.8, 4) is 5.75 Å². The zero-order valence-electron chi connectivity index (χ0n) is 13.0. The maximum atomic E-state index is 5.82. The normalized spacial score (nSPS) is 22.5.